The molecule has 212 valence electrons. The van der Waals surface area contributed by atoms with E-state index in [0.717, 1.165) is 11.3 Å². The van der Waals surface area contributed by atoms with Gasteiger partial charge >= 0.3 is 5.97 Å². The average molecular weight is 576 g/mol. The normalized spacial score (nSPS) is 17.0. The van der Waals surface area contributed by atoms with Crippen LogP contribution in [-0.2, 0) is 14.3 Å². The van der Waals surface area contributed by atoms with Crippen molar-refractivity contribution in [2.75, 3.05) is 39.4 Å². The van der Waals surface area contributed by atoms with E-state index in [2.05, 4.69) is 11.6 Å². The largest absolute Gasteiger partial charge is 0.493 e. The molecule has 0 aliphatic carbocycles. The number of benzene rings is 2. The van der Waals surface area contributed by atoms with E-state index in [9.17, 15) is 14.4 Å². The molecule has 0 saturated heterocycles. The zero-order chi connectivity index (χ0) is 29.4. The second-order valence-electron chi connectivity index (χ2n) is 9.18. The first-order valence-corrected chi connectivity index (χ1v) is 13.7. The van der Waals surface area contributed by atoms with Crippen LogP contribution in [0.1, 0.15) is 31.0 Å². The SMILES string of the molecule is C=CCN1C(=O)C(=c2sc3n(c2=O)C(c2cc(OC)c(OC)c(OC)c2)C(C(=O)OCC)=C(C)N=3)c2ccccc21. The number of nitrogens with zero attached hydrogens (tertiary/aromatic N) is 3. The van der Waals surface area contributed by atoms with Crippen LogP contribution < -0.4 is 34.0 Å². The molecule has 2 aliphatic rings. The zero-order valence-electron chi connectivity index (χ0n) is 23.3. The highest BCUT2D eigenvalue weighted by Crippen LogP contribution is 2.42. The fourth-order valence-corrected chi connectivity index (χ4v) is 6.36. The average Bonchev–Trinajstić information content (AvgIpc) is 3.43. The number of rotatable bonds is 8. The number of allylic oxidation sites excluding steroid dienone is 1. The van der Waals surface area contributed by atoms with Crippen LogP contribution in [0.2, 0.25) is 0 Å². The minimum absolute atomic E-state index is 0.135. The molecule has 5 rings (SSSR count). The van der Waals surface area contributed by atoms with E-state index < -0.39 is 17.6 Å². The van der Waals surface area contributed by atoms with E-state index in [1.807, 2.05) is 24.3 Å². The van der Waals surface area contributed by atoms with Gasteiger partial charge in [0.2, 0.25) is 5.75 Å². The number of methoxy groups -OCH3 is 3. The number of esters is 1. The summed E-state index contributed by atoms with van der Waals surface area (Å²) in [4.78, 5) is 47.9. The van der Waals surface area contributed by atoms with Crippen LogP contribution >= 0.6 is 11.3 Å². The molecule has 0 spiro atoms. The maximum atomic E-state index is 14.3. The molecule has 0 saturated carbocycles. The van der Waals surface area contributed by atoms with Gasteiger partial charge in [0.1, 0.15) is 4.53 Å². The number of amides is 1. The minimum Gasteiger partial charge on any atom is -0.493 e. The van der Waals surface area contributed by atoms with Gasteiger partial charge in [-0.1, -0.05) is 35.6 Å². The number of anilines is 1. The molecule has 0 bridgehead atoms. The molecule has 1 unspecified atom stereocenters. The number of thiazole rings is 1. The molecule has 2 aliphatic heterocycles. The van der Waals surface area contributed by atoms with E-state index >= 15 is 0 Å². The lowest BCUT2D eigenvalue weighted by molar-refractivity contribution is -0.139. The summed E-state index contributed by atoms with van der Waals surface area (Å²) in [6.45, 7) is 7.60. The van der Waals surface area contributed by atoms with E-state index in [4.69, 9.17) is 18.9 Å². The second-order valence-corrected chi connectivity index (χ2v) is 10.2. The molecule has 10 nitrogen and oxygen atoms in total. The number of hydrogen-bond donors (Lipinski definition) is 0. The summed E-state index contributed by atoms with van der Waals surface area (Å²) < 4.78 is 23.7. The van der Waals surface area contributed by atoms with Crippen LogP contribution in [0.4, 0.5) is 5.69 Å². The van der Waals surface area contributed by atoms with Gasteiger partial charge in [-0.15, -0.1) is 6.58 Å². The Morgan fingerprint density at radius 1 is 1.10 bits per heavy atom. The molecule has 41 heavy (non-hydrogen) atoms. The van der Waals surface area contributed by atoms with Crippen molar-refractivity contribution in [1.82, 2.24) is 4.57 Å². The van der Waals surface area contributed by atoms with Gasteiger partial charge in [-0.05, 0) is 37.6 Å². The maximum absolute atomic E-state index is 14.3. The Kier molecular flexibility index (Phi) is 7.55. The van der Waals surface area contributed by atoms with Crippen molar-refractivity contribution in [2.24, 2.45) is 4.99 Å². The summed E-state index contributed by atoms with van der Waals surface area (Å²) in [5.74, 6) is 0.156. The topological polar surface area (TPSA) is 109 Å². The number of para-hydroxylation sites is 1. The number of carbonyl (C=O) groups is 2. The van der Waals surface area contributed by atoms with Gasteiger partial charge in [-0.25, -0.2) is 9.79 Å². The van der Waals surface area contributed by atoms with Crippen LogP contribution in [-0.4, -0.2) is 50.9 Å². The van der Waals surface area contributed by atoms with Crippen molar-refractivity contribution in [3.8, 4) is 17.2 Å². The lowest BCUT2D eigenvalue weighted by Crippen LogP contribution is -2.41. The Hall–Kier alpha value is -4.64. The van der Waals surface area contributed by atoms with E-state index in [1.54, 1.807) is 37.0 Å². The van der Waals surface area contributed by atoms with Gasteiger partial charge in [-0.3, -0.25) is 14.2 Å². The molecule has 1 aromatic heterocycles. The van der Waals surface area contributed by atoms with Crippen LogP contribution in [0.25, 0.3) is 5.57 Å². The molecule has 1 amide bonds. The van der Waals surface area contributed by atoms with Gasteiger partial charge in [0.15, 0.2) is 16.3 Å². The van der Waals surface area contributed by atoms with Gasteiger partial charge in [0.25, 0.3) is 11.5 Å². The Bertz CT molecular complexity index is 1780. The fraction of sp³-hybridized carbons (Fsp3) is 0.267. The Labute approximate surface area is 240 Å². The number of ether oxygens (including phenoxy) is 4. The number of fused-ring (bicyclic) bond motifs is 2. The summed E-state index contributed by atoms with van der Waals surface area (Å²) in [5, 5.41) is 0. The molecule has 11 heteroatoms. The monoisotopic (exact) mass is 575 g/mol. The molecular formula is C30H29N3O7S. The molecule has 2 aromatic carbocycles. The van der Waals surface area contributed by atoms with Crippen molar-refractivity contribution in [1.29, 1.82) is 0 Å². The summed E-state index contributed by atoms with van der Waals surface area (Å²) in [6, 6.07) is 9.75. The predicted molar refractivity (Wildman–Crippen MR) is 154 cm³/mol. The highest BCUT2D eigenvalue weighted by molar-refractivity contribution is 7.07. The van der Waals surface area contributed by atoms with Crippen LogP contribution in [0.5, 0.6) is 17.2 Å². The number of hydrogen-bond acceptors (Lipinski definition) is 9. The first-order chi connectivity index (χ1) is 19.8. The highest BCUT2D eigenvalue weighted by Gasteiger charge is 2.37. The van der Waals surface area contributed by atoms with Crippen molar-refractivity contribution >= 4 is 34.5 Å². The predicted octanol–water partition coefficient (Wildman–Crippen LogP) is 2.73. The third-order valence-electron chi connectivity index (χ3n) is 6.96. The lowest BCUT2D eigenvalue weighted by atomic mass is 9.95. The third-order valence-corrected chi connectivity index (χ3v) is 8.01. The Balaban J connectivity index is 1.85. The second kappa shape index (κ2) is 11.1. The van der Waals surface area contributed by atoms with Crippen LogP contribution in [0.15, 0.2) is 70.1 Å². The Morgan fingerprint density at radius 3 is 2.39 bits per heavy atom. The van der Waals surface area contributed by atoms with Crippen molar-refractivity contribution < 1.29 is 28.5 Å². The minimum atomic E-state index is -0.940. The van der Waals surface area contributed by atoms with E-state index in [-0.39, 0.29) is 34.7 Å². The smallest absolute Gasteiger partial charge is 0.338 e. The van der Waals surface area contributed by atoms with Gasteiger partial charge in [0.05, 0.1) is 56.5 Å². The summed E-state index contributed by atoms with van der Waals surface area (Å²) in [6.07, 6.45) is 1.64. The molecule has 1 atom stereocenters. The van der Waals surface area contributed by atoms with Gasteiger partial charge in [0, 0.05) is 12.1 Å². The summed E-state index contributed by atoms with van der Waals surface area (Å²) >= 11 is 1.10. The highest BCUT2D eigenvalue weighted by atomic mass is 32.1. The standard InChI is InChI=1S/C30H29N3O7S/c1-7-13-32-19-12-10-9-11-18(19)23(27(32)34)26-28(35)33-24(17-14-20(37-4)25(39-6)21(15-17)38-5)22(29(36)40-8-2)16(3)31-30(33)41-26/h7,9-12,14-15,24H,1,8,13H2,2-6H3. The first-order valence-electron chi connectivity index (χ1n) is 12.8. The molecule has 0 N–H and O–H groups in total. The van der Waals surface area contributed by atoms with Crippen molar-refractivity contribution in [2.45, 2.75) is 19.9 Å². The summed E-state index contributed by atoms with van der Waals surface area (Å²) in [5.41, 5.74) is 2.27. The molecule has 0 radical (unpaired) electrons. The van der Waals surface area contributed by atoms with Crippen LogP contribution in [0.3, 0.4) is 0 Å². The number of aromatic nitrogens is 1. The first kappa shape index (κ1) is 27.9. The third kappa shape index (κ3) is 4.42. The zero-order valence-corrected chi connectivity index (χ0v) is 24.2. The quantitative estimate of drug-likeness (QED) is 0.300. The molecular weight excluding hydrogens is 546 g/mol. The maximum Gasteiger partial charge on any atom is 0.338 e. The van der Waals surface area contributed by atoms with E-state index in [0.29, 0.717) is 44.6 Å². The number of carbonyl (C=O) groups excluding carboxylic acids is 2. The lowest BCUT2D eigenvalue weighted by Gasteiger charge is -2.26. The summed E-state index contributed by atoms with van der Waals surface area (Å²) in [7, 11) is 4.46. The molecule has 3 aromatic rings. The van der Waals surface area contributed by atoms with Crippen LogP contribution in [0, 0.1) is 0 Å². The molecule has 3 heterocycles. The van der Waals surface area contributed by atoms with Gasteiger partial charge in [-0.2, -0.15) is 0 Å². The van der Waals surface area contributed by atoms with Crippen molar-refractivity contribution in [3.05, 3.63) is 91.1 Å². The van der Waals surface area contributed by atoms with Crippen molar-refractivity contribution in [3.63, 3.8) is 0 Å². The molecule has 0 fully saturated rings. The fourth-order valence-electron chi connectivity index (χ4n) is 5.23. The Morgan fingerprint density at radius 2 is 1.78 bits per heavy atom. The van der Waals surface area contributed by atoms with Gasteiger partial charge < -0.3 is 23.8 Å². The van der Waals surface area contributed by atoms with E-state index in [1.165, 1.54) is 25.9 Å².